The first-order chi connectivity index (χ1) is 14.2. The molecule has 7 nitrogen and oxygen atoms in total. The molecule has 2 N–H and O–H groups in total. The van der Waals surface area contributed by atoms with Gasteiger partial charge in [0.2, 0.25) is 5.88 Å². The molecule has 0 aliphatic carbocycles. The normalized spacial score (nSPS) is 10.6. The van der Waals surface area contributed by atoms with Crippen molar-refractivity contribution in [2.24, 2.45) is 0 Å². The number of amides is 1. The summed E-state index contributed by atoms with van der Waals surface area (Å²) in [5.74, 6) is 0.0613. The van der Waals surface area contributed by atoms with E-state index in [0.717, 1.165) is 11.1 Å². The molecule has 2 aromatic carbocycles. The number of ether oxygens (including phenoxy) is 1. The lowest BCUT2D eigenvalue weighted by atomic mass is 10.1. The van der Waals surface area contributed by atoms with E-state index in [0.29, 0.717) is 23.3 Å². The van der Waals surface area contributed by atoms with E-state index >= 15 is 0 Å². The fourth-order valence-corrected chi connectivity index (χ4v) is 2.96. The maximum atomic E-state index is 12.7. The van der Waals surface area contributed by atoms with Crippen LogP contribution in [-0.2, 0) is 13.2 Å². The smallest absolute Gasteiger partial charge is 0.272 e. The molecular formula is C22H18N4O3. The van der Waals surface area contributed by atoms with Gasteiger partial charge in [-0.2, -0.15) is 5.10 Å². The van der Waals surface area contributed by atoms with Crippen LogP contribution in [0.4, 0.5) is 0 Å². The molecule has 0 bridgehead atoms. The highest BCUT2D eigenvalue weighted by molar-refractivity contribution is 6.04. The van der Waals surface area contributed by atoms with Gasteiger partial charge in [0, 0.05) is 23.7 Å². The quantitative estimate of drug-likeness (QED) is 0.531. The maximum absolute atomic E-state index is 12.7. The molecular weight excluding hydrogens is 368 g/mol. The molecule has 0 saturated heterocycles. The summed E-state index contributed by atoms with van der Waals surface area (Å²) >= 11 is 0. The fraction of sp³-hybridized carbons (Fsp3) is 0.0909. The van der Waals surface area contributed by atoms with Crippen molar-refractivity contribution in [3.63, 3.8) is 0 Å². The molecule has 144 valence electrons. The zero-order chi connectivity index (χ0) is 20.1. The van der Waals surface area contributed by atoms with Gasteiger partial charge in [0.1, 0.15) is 6.61 Å². The average molecular weight is 386 g/mol. The van der Waals surface area contributed by atoms with Gasteiger partial charge in [-0.1, -0.05) is 54.6 Å². The van der Waals surface area contributed by atoms with E-state index in [1.165, 1.54) is 0 Å². The van der Waals surface area contributed by atoms with Gasteiger partial charge in [0.05, 0.1) is 5.39 Å². The maximum Gasteiger partial charge on any atom is 0.272 e. The molecule has 0 unspecified atom stereocenters. The van der Waals surface area contributed by atoms with Crippen molar-refractivity contribution in [1.29, 1.82) is 0 Å². The first-order valence-electron chi connectivity index (χ1n) is 9.08. The summed E-state index contributed by atoms with van der Waals surface area (Å²) in [5.41, 5.74) is 1.60. The minimum absolute atomic E-state index is 0.163. The summed E-state index contributed by atoms with van der Waals surface area (Å²) in [6.07, 6.45) is 1.64. The lowest BCUT2D eigenvalue weighted by molar-refractivity contribution is 0.0946. The highest BCUT2D eigenvalue weighted by Gasteiger charge is 2.15. The first-order valence-corrected chi connectivity index (χ1v) is 9.08. The Morgan fingerprint density at radius 3 is 2.55 bits per heavy atom. The van der Waals surface area contributed by atoms with Gasteiger partial charge < -0.3 is 10.1 Å². The lowest BCUT2D eigenvalue weighted by Gasteiger charge is -2.11. The Balaban J connectivity index is 1.49. The molecule has 1 amide bonds. The van der Waals surface area contributed by atoms with E-state index in [9.17, 15) is 9.59 Å². The number of carbonyl (C=O) groups excluding carboxylic acids is 1. The van der Waals surface area contributed by atoms with Crippen LogP contribution in [0, 0.1) is 0 Å². The number of H-pyrrole nitrogens is 1. The molecule has 0 fully saturated rings. The van der Waals surface area contributed by atoms with Crippen LogP contribution < -0.4 is 15.6 Å². The second-order valence-electron chi connectivity index (χ2n) is 6.37. The lowest BCUT2D eigenvalue weighted by Crippen LogP contribution is -2.26. The topological polar surface area (TPSA) is 97.0 Å². The fourth-order valence-electron chi connectivity index (χ4n) is 2.96. The third kappa shape index (κ3) is 4.14. The third-order valence-electron chi connectivity index (χ3n) is 4.42. The summed E-state index contributed by atoms with van der Waals surface area (Å²) < 4.78 is 5.82. The number of nitrogens with zero attached hydrogens (tertiary/aromatic N) is 2. The van der Waals surface area contributed by atoms with Gasteiger partial charge in [0.15, 0.2) is 5.69 Å². The predicted molar refractivity (Wildman–Crippen MR) is 109 cm³/mol. The minimum atomic E-state index is -0.393. The second-order valence-corrected chi connectivity index (χ2v) is 6.37. The van der Waals surface area contributed by atoms with E-state index in [1.54, 1.807) is 36.5 Å². The third-order valence-corrected chi connectivity index (χ3v) is 4.42. The number of aromatic nitrogens is 3. The zero-order valence-corrected chi connectivity index (χ0v) is 15.5. The Kier molecular flexibility index (Phi) is 5.29. The number of aromatic amines is 1. The number of hydrogen-bond donors (Lipinski definition) is 2. The number of rotatable bonds is 6. The van der Waals surface area contributed by atoms with Crippen LogP contribution in [0.25, 0.3) is 10.8 Å². The summed E-state index contributed by atoms with van der Waals surface area (Å²) in [4.78, 5) is 28.8. The molecule has 2 heterocycles. The molecule has 0 aliphatic heterocycles. The standard InChI is InChI=1S/C22H18N4O3/c27-20-18-11-5-4-10-17(18)19(25-26-20)21(28)24-13-16-9-6-12-23-22(16)29-14-15-7-2-1-3-8-15/h1-12H,13-14H2,(H,24,28)(H,26,27). The predicted octanol–water partition coefficient (Wildman–Crippen LogP) is 2.83. The van der Waals surface area contributed by atoms with E-state index in [2.05, 4.69) is 20.5 Å². The highest BCUT2D eigenvalue weighted by Crippen LogP contribution is 2.17. The van der Waals surface area contributed by atoms with E-state index in [4.69, 9.17) is 4.74 Å². The number of benzene rings is 2. The van der Waals surface area contributed by atoms with Crippen molar-refractivity contribution in [1.82, 2.24) is 20.5 Å². The van der Waals surface area contributed by atoms with Crippen LogP contribution >= 0.6 is 0 Å². The number of carbonyl (C=O) groups is 1. The Morgan fingerprint density at radius 1 is 0.966 bits per heavy atom. The van der Waals surface area contributed by atoms with Crippen LogP contribution in [0.5, 0.6) is 5.88 Å². The zero-order valence-electron chi connectivity index (χ0n) is 15.5. The molecule has 0 spiro atoms. The van der Waals surface area contributed by atoms with Gasteiger partial charge in [-0.25, -0.2) is 10.1 Å². The van der Waals surface area contributed by atoms with Gasteiger partial charge in [0.25, 0.3) is 11.5 Å². The van der Waals surface area contributed by atoms with Gasteiger partial charge in [-0.15, -0.1) is 0 Å². The molecule has 2 aromatic heterocycles. The minimum Gasteiger partial charge on any atom is -0.473 e. The van der Waals surface area contributed by atoms with Crippen LogP contribution in [0.1, 0.15) is 21.6 Å². The second kappa shape index (κ2) is 8.35. The van der Waals surface area contributed by atoms with Crippen molar-refractivity contribution in [2.45, 2.75) is 13.2 Å². The van der Waals surface area contributed by atoms with Crippen LogP contribution in [0.15, 0.2) is 77.7 Å². The molecule has 0 radical (unpaired) electrons. The molecule has 4 rings (SSSR count). The van der Waals surface area contributed by atoms with Gasteiger partial charge in [-0.05, 0) is 17.7 Å². The summed E-state index contributed by atoms with van der Waals surface area (Å²) in [6.45, 7) is 0.594. The van der Waals surface area contributed by atoms with E-state index in [1.807, 2.05) is 36.4 Å². The molecule has 29 heavy (non-hydrogen) atoms. The highest BCUT2D eigenvalue weighted by atomic mass is 16.5. The summed E-state index contributed by atoms with van der Waals surface area (Å²) in [7, 11) is 0. The van der Waals surface area contributed by atoms with E-state index in [-0.39, 0.29) is 17.8 Å². The Bertz CT molecular complexity index is 1210. The largest absolute Gasteiger partial charge is 0.473 e. The molecule has 0 atom stereocenters. The number of fused-ring (bicyclic) bond motifs is 1. The molecule has 0 aliphatic rings. The summed E-state index contributed by atoms with van der Waals surface area (Å²) in [5, 5.41) is 10.0. The number of pyridine rings is 1. The van der Waals surface area contributed by atoms with Crippen LogP contribution in [-0.4, -0.2) is 21.1 Å². The van der Waals surface area contributed by atoms with Crippen molar-refractivity contribution in [3.05, 3.63) is 100 Å². The first kappa shape index (κ1) is 18.4. The molecule has 4 aromatic rings. The van der Waals surface area contributed by atoms with Crippen molar-refractivity contribution in [3.8, 4) is 5.88 Å². The van der Waals surface area contributed by atoms with Crippen molar-refractivity contribution in [2.75, 3.05) is 0 Å². The molecule has 0 saturated carbocycles. The van der Waals surface area contributed by atoms with Gasteiger partial charge in [-0.3, -0.25) is 9.59 Å². The van der Waals surface area contributed by atoms with Crippen molar-refractivity contribution >= 4 is 16.7 Å². The van der Waals surface area contributed by atoms with Crippen LogP contribution in [0.3, 0.4) is 0 Å². The Hall–Kier alpha value is -4.00. The molecule has 7 heteroatoms. The van der Waals surface area contributed by atoms with Crippen molar-refractivity contribution < 1.29 is 9.53 Å². The number of nitrogens with one attached hydrogen (secondary N) is 2. The monoisotopic (exact) mass is 386 g/mol. The summed E-state index contributed by atoms with van der Waals surface area (Å²) in [6, 6.07) is 20.3. The van der Waals surface area contributed by atoms with E-state index < -0.39 is 5.91 Å². The Labute approximate surface area is 166 Å². The Morgan fingerprint density at radius 2 is 1.72 bits per heavy atom. The van der Waals surface area contributed by atoms with Gasteiger partial charge >= 0.3 is 0 Å². The SMILES string of the molecule is O=C(NCc1cccnc1OCc1ccccc1)c1n[nH]c(=O)c2ccccc12. The van der Waals surface area contributed by atoms with Crippen LogP contribution in [0.2, 0.25) is 0 Å². The average Bonchev–Trinajstić information content (AvgIpc) is 2.78. The number of hydrogen-bond acceptors (Lipinski definition) is 5.